The number of rotatable bonds is 3. The van der Waals surface area contributed by atoms with Gasteiger partial charge in [0, 0.05) is 6.54 Å². The molecule has 4 nitrogen and oxygen atoms in total. The van der Waals surface area contributed by atoms with Crippen molar-refractivity contribution in [3.63, 3.8) is 0 Å². The average molecular weight is 202 g/mol. The summed E-state index contributed by atoms with van der Waals surface area (Å²) in [5.74, 6) is 0.158. The van der Waals surface area contributed by atoms with Crippen LogP contribution >= 0.6 is 0 Å². The monoisotopic (exact) mass is 202 g/mol. The van der Waals surface area contributed by atoms with Gasteiger partial charge in [0.25, 0.3) is 0 Å². The van der Waals surface area contributed by atoms with Crippen LogP contribution in [0.15, 0.2) is 0 Å². The highest BCUT2D eigenvalue weighted by Gasteiger charge is 2.33. The van der Waals surface area contributed by atoms with Gasteiger partial charge in [-0.1, -0.05) is 6.92 Å². The lowest BCUT2D eigenvalue weighted by molar-refractivity contribution is 0.437. The van der Waals surface area contributed by atoms with Crippen molar-refractivity contribution in [3.8, 4) is 6.07 Å². The van der Waals surface area contributed by atoms with Gasteiger partial charge in [0.2, 0.25) is 10.0 Å². The smallest absolute Gasteiger partial charge is 0.212 e. The van der Waals surface area contributed by atoms with Crippen LogP contribution in [0.1, 0.15) is 26.2 Å². The summed E-state index contributed by atoms with van der Waals surface area (Å²) in [6, 6.07) is 1.61. The van der Waals surface area contributed by atoms with Gasteiger partial charge in [-0.3, -0.25) is 0 Å². The van der Waals surface area contributed by atoms with Crippen molar-refractivity contribution >= 4 is 10.0 Å². The van der Waals surface area contributed by atoms with E-state index in [1.807, 2.05) is 13.0 Å². The molecule has 0 aromatic carbocycles. The first-order valence-electron chi connectivity index (χ1n) is 4.51. The van der Waals surface area contributed by atoms with Gasteiger partial charge in [0.1, 0.15) is 6.04 Å². The van der Waals surface area contributed by atoms with E-state index in [9.17, 15) is 8.42 Å². The van der Waals surface area contributed by atoms with Crippen molar-refractivity contribution in [2.24, 2.45) is 0 Å². The summed E-state index contributed by atoms with van der Waals surface area (Å²) in [5, 5.41) is 8.71. The topological polar surface area (TPSA) is 61.2 Å². The van der Waals surface area contributed by atoms with Crippen molar-refractivity contribution in [2.75, 3.05) is 12.3 Å². The highest BCUT2D eigenvalue weighted by atomic mass is 32.2. The van der Waals surface area contributed by atoms with E-state index in [1.165, 1.54) is 4.31 Å². The van der Waals surface area contributed by atoms with Gasteiger partial charge >= 0.3 is 0 Å². The molecule has 0 aromatic rings. The van der Waals surface area contributed by atoms with E-state index in [0.717, 1.165) is 6.42 Å². The summed E-state index contributed by atoms with van der Waals surface area (Å²) in [7, 11) is -3.16. The van der Waals surface area contributed by atoms with Gasteiger partial charge in [-0.15, -0.1) is 0 Å². The van der Waals surface area contributed by atoms with E-state index in [0.29, 0.717) is 19.4 Å². The highest BCUT2D eigenvalue weighted by molar-refractivity contribution is 7.89. The van der Waals surface area contributed by atoms with E-state index >= 15 is 0 Å². The molecule has 0 aliphatic carbocycles. The Morgan fingerprint density at radius 2 is 2.31 bits per heavy atom. The predicted octanol–water partition coefficient (Wildman–Crippen LogP) is 0.714. The van der Waals surface area contributed by atoms with Crippen LogP contribution in [0.2, 0.25) is 0 Å². The zero-order valence-electron chi connectivity index (χ0n) is 7.73. The first-order chi connectivity index (χ1) is 6.11. The molecule has 1 aliphatic rings. The Morgan fingerprint density at radius 1 is 1.62 bits per heavy atom. The molecule has 1 atom stereocenters. The van der Waals surface area contributed by atoms with Gasteiger partial charge in [-0.05, 0) is 19.3 Å². The lowest BCUT2D eigenvalue weighted by atomic mass is 10.2. The molecule has 5 heteroatoms. The van der Waals surface area contributed by atoms with Gasteiger partial charge in [0.05, 0.1) is 11.8 Å². The largest absolute Gasteiger partial charge is 0.215 e. The third kappa shape index (κ3) is 2.20. The van der Waals surface area contributed by atoms with Gasteiger partial charge in [0.15, 0.2) is 0 Å². The molecule has 1 rings (SSSR count). The van der Waals surface area contributed by atoms with Crippen molar-refractivity contribution in [2.45, 2.75) is 32.2 Å². The highest BCUT2D eigenvalue weighted by Crippen LogP contribution is 2.20. The molecule has 0 spiro atoms. The molecule has 0 amide bonds. The third-order valence-corrected chi connectivity index (χ3v) is 4.25. The molecule has 13 heavy (non-hydrogen) atoms. The van der Waals surface area contributed by atoms with Crippen LogP contribution in [0, 0.1) is 11.3 Å². The Bertz CT molecular complexity index is 305. The van der Waals surface area contributed by atoms with Crippen molar-refractivity contribution in [3.05, 3.63) is 0 Å². The van der Waals surface area contributed by atoms with Crippen LogP contribution in [-0.2, 0) is 10.0 Å². The molecular formula is C8H14N2O2S. The van der Waals surface area contributed by atoms with Crippen LogP contribution in [-0.4, -0.2) is 31.1 Å². The first kappa shape index (κ1) is 10.5. The number of sulfonamides is 1. The maximum absolute atomic E-state index is 11.6. The lowest BCUT2D eigenvalue weighted by Crippen LogP contribution is -2.36. The summed E-state index contributed by atoms with van der Waals surface area (Å²) in [4.78, 5) is 0. The summed E-state index contributed by atoms with van der Waals surface area (Å²) >= 11 is 0. The Morgan fingerprint density at radius 3 is 2.85 bits per heavy atom. The maximum Gasteiger partial charge on any atom is 0.215 e. The molecule has 0 radical (unpaired) electrons. The summed E-state index contributed by atoms with van der Waals surface area (Å²) in [6.07, 6.45) is 2.09. The van der Waals surface area contributed by atoms with E-state index in [1.54, 1.807) is 0 Å². The Balaban J connectivity index is 2.77. The lowest BCUT2D eigenvalue weighted by Gasteiger charge is -2.18. The second kappa shape index (κ2) is 4.07. The first-order valence-corrected chi connectivity index (χ1v) is 6.12. The zero-order valence-corrected chi connectivity index (χ0v) is 8.55. The molecule has 0 N–H and O–H groups in total. The van der Waals surface area contributed by atoms with Gasteiger partial charge < -0.3 is 0 Å². The van der Waals surface area contributed by atoms with E-state index in [4.69, 9.17) is 5.26 Å². The van der Waals surface area contributed by atoms with Crippen LogP contribution in [0.3, 0.4) is 0 Å². The van der Waals surface area contributed by atoms with Crippen molar-refractivity contribution < 1.29 is 8.42 Å². The fourth-order valence-corrected chi connectivity index (χ4v) is 3.28. The quantitative estimate of drug-likeness (QED) is 0.677. The second-order valence-electron chi connectivity index (χ2n) is 3.21. The van der Waals surface area contributed by atoms with Crippen LogP contribution in [0.5, 0.6) is 0 Å². The minimum Gasteiger partial charge on any atom is -0.212 e. The summed E-state index contributed by atoms with van der Waals surface area (Å²) in [5.41, 5.74) is 0. The standard InChI is InChI=1S/C8H14N2O2S/c1-2-6-13(11,12)10-5-3-4-8(10)7-9/h8H,2-6H2,1H3. The molecular weight excluding hydrogens is 188 g/mol. The SMILES string of the molecule is CCCS(=O)(=O)N1CCCC1C#N. The molecule has 1 heterocycles. The fraction of sp³-hybridized carbons (Fsp3) is 0.875. The second-order valence-corrected chi connectivity index (χ2v) is 5.25. The maximum atomic E-state index is 11.6. The van der Waals surface area contributed by atoms with Crippen molar-refractivity contribution in [1.82, 2.24) is 4.31 Å². The van der Waals surface area contributed by atoms with Crippen LogP contribution < -0.4 is 0 Å². The molecule has 1 fully saturated rings. The zero-order chi connectivity index (χ0) is 9.90. The minimum atomic E-state index is -3.16. The molecule has 0 bridgehead atoms. The van der Waals surface area contributed by atoms with Gasteiger partial charge in [-0.2, -0.15) is 9.57 Å². The van der Waals surface area contributed by atoms with Gasteiger partial charge in [-0.25, -0.2) is 8.42 Å². The van der Waals surface area contributed by atoms with E-state index in [2.05, 4.69) is 0 Å². The minimum absolute atomic E-state index is 0.158. The fourth-order valence-electron chi connectivity index (χ4n) is 1.58. The molecule has 74 valence electrons. The number of nitrogens with zero attached hydrogens (tertiary/aromatic N) is 2. The van der Waals surface area contributed by atoms with Crippen molar-refractivity contribution in [1.29, 1.82) is 5.26 Å². The Kier molecular flexibility index (Phi) is 3.28. The normalized spacial score (nSPS) is 24.5. The molecule has 0 saturated carbocycles. The third-order valence-electron chi connectivity index (χ3n) is 2.17. The van der Waals surface area contributed by atoms with Crippen LogP contribution in [0.25, 0.3) is 0 Å². The average Bonchev–Trinajstić information content (AvgIpc) is 2.51. The van der Waals surface area contributed by atoms with E-state index < -0.39 is 16.1 Å². The molecule has 1 aliphatic heterocycles. The van der Waals surface area contributed by atoms with E-state index in [-0.39, 0.29) is 5.75 Å². The number of hydrogen-bond donors (Lipinski definition) is 0. The summed E-state index contributed by atoms with van der Waals surface area (Å²) in [6.45, 7) is 2.34. The Labute approximate surface area is 79.2 Å². The molecule has 0 aromatic heterocycles. The number of hydrogen-bond acceptors (Lipinski definition) is 3. The predicted molar refractivity (Wildman–Crippen MR) is 49.4 cm³/mol. The molecule has 1 saturated heterocycles. The summed E-state index contributed by atoms with van der Waals surface area (Å²) < 4.78 is 24.5. The molecule has 1 unspecified atom stereocenters. The number of nitriles is 1. The Hall–Kier alpha value is -0.600. The van der Waals surface area contributed by atoms with Crippen LogP contribution in [0.4, 0.5) is 0 Å².